The Bertz CT molecular complexity index is 633. The van der Waals surface area contributed by atoms with E-state index in [4.69, 9.17) is 9.47 Å². The predicted molar refractivity (Wildman–Crippen MR) is 81.6 cm³/mol. The molecule has 1 aliphatic heterocycles. The molecule has 0 aromatic heterocycles. The molecule has 2 aliphatic carbocycles. The van der Waals surface area contributed by atoms with Gasteiger partial charge in [0, 0.05) is 5.92 Å². The highest BCUT2D eigenvalue weighted by atomic mass is 16.6. The standard InChI is InChI=1S/C17H20N2O4/c20-16(12-8-10-5-6-11(12)7-10)18-19-17(21)15-9-22-13-3-1-2-4-14(13)23-15/h1-4,10-12,15H,5-9H2,(H,18,20)(H,19,21). The number of carbonyl (C=O) groups excluding carboxylic acids is 2. The zero-order valence-corrected chi connectivity index (χ0v) is 12.8. The molecule has 0 saturated heterocycles. The fraction of sp³-hybridized carbons (Fsp3) is 0.529. The maximum absolute atomic E-state index is 12.2. The zero-order chi connectivity index (χ0) is 15.8. The van der Waals surface area contributed by atoms with Crippen LogP contribution in [0.4, 0.5) is 0 Å². The van der Waals surface area contributed by atoms with Crippen LogP contribution in [0.25, 0.3) is 0 Å². The van der Waals surface area contributed by atoms with Crippen LogP contribution < -0.4 is 20.3 Å². The van der Waals surface area contributed by atoms with Crippen molar-refractivity contribution < 1.29 is 19.1 Å². The lowest BCUT2D eigenvalue weighted by Gasteiger charge is -2.26. The van der Waals surface area contributed by atoms with Gasteiger partial charge in [0.2, 0.25) is 12.0 Å². The minimum Gasteiger partial charge on any atom is -0.485 e. The predicted octanol–water partition coefficient (Wildman–Crippen LogP) is 1.41. The number of ether oxygens (including phenoxy) is 2. The number of fused-ring (bicyclic) bond motifs is 3. The van der Waals surface area contributed by atoms with E-state index in [-0.39, 0.29) is 18.4 Å². The Morgan fingerprint density at radius 2 is 1.78 bits per heavy atom. The van der Waals surface area contributed by atoms with Crippen LogP contribution in [0, 0.1) is 17.8 Å². The number of hydrogen-bond donors (Lipinski definition) is 2. The summed E-state index contributed by atoms with van der Waals surface area (Å²) in [6.45, 7) is 0.132. The first-order valence-corrected chi connectivity index (χ1v) is 8.19. The maximum Gasteiger partial charge on any atom is 0.283 e. The fourth-order valence-corrected chi connectivity index (χ4v) is 4.01. The molecule has 4 unspecified atom stereocenters. The number of amides is 2. The third kappa shape index (κ3) is 2.73. The molecule has 1 aromatic rings. The third-order valence-electron chi connectivity index (χ3n) is 5.18. The summed E-state index contributed by atoms with van der Waals surface area (Å²) >= 11 is 0. The molecule has 6 nitrogen and oxygen atoms in total. The van der Waals surface area contributed by atoms with Crippen molar-refractivity contribution in [2.45, 2.75) is 31.8 Å². The van der Waals surface area contributed by atoms with Gasteiger partial charge in [-0.05, 0) is 43.2 Å². The first-order chi connectivity index (χ1) is 11.2. The van der Waals surface area contributed by atoms with Gasteiger partial charge >= 0.3 is 0 Å². The van der Waals surface area contributed by atoms with Crippen molar-refractivity contribution in [1.82, 2.24) is 10.9 Å². The van der Waals surface area contributed by atoms with Crippen LogP contribution in [0.2, 0.25) is 0 Å². The van der Waals surface area contributed by atoms with Gasteiger partial charge < -0.3 is 9.47 Å². The van der Waals surface area contributed by atoms with Crippen LogP contribution in [-0.2, 0) is 9.59 Å². The van der Waals surface area contributed by atoms with Crippen LogP contribution in [0.15, 0.2) is 24.3 Å². The summed E-state index contributed by atoms with van der Waals surface area (Å²) in [6.07, 6.45) is 3.72. The molecule has 4 rings (SSSR count). The van der Waals surface area contributed by atoms with Gasteiger partial charge in [-0.1, -0.05) is 18.6 Å². The smallest absolute Gasteiger partial charge is 0.283 e. The van der Waals surface area contributed by atoms with Crippen molar-refractivity contribution in [3.8, 4) is 11.5 Å². The van der Waals surface area contributed by atoms with Crippen LogP contribution in [0.1, 0.15) is 25.7 Å². The Morgan fingerprint density at radius 3 is 2.52 bits per heavy atom. The van der Waals surface area contributed by atoms with Crippen molar-refractivity contribution in [1.29, 1.82) is 0 Å². The van der Waals surface area contributed by atoms with Crippen LogP contribution >= 0.6 is 0 Å². The summed E-state index contributed by atoms with van der Waals surface area (Å²) < 4.78 is 11.1. The Morgan fingerprint density at radius 1 is 1.00 bits per heavy atom. The number of rotatable bonds is 2. The Balaban J connectivity index is 1.30. The molecule has 122 valence electrons. The molecule has 4 atom stereocenters. The van der Waals surface area contributed by atoms with E-state index in [9.17, 15) is 9.59 Å². The number of carbonyl (C=O) groups is 2. The third-order valence-corrected chi connectivity index (χ3v) is 5.18. The molecule has 2 amide bonds. The highest BCUT2D eigenvalue weighted by molar-refractivity contribution is 5.86. The van der Waals surface area contributed by atoms with E-state index < -0.39 is 12.0 Å². The molecular weight excluding hydrogens is 296 g/mol. The highest BCUT2D eigenvalue weighted by Crippen LogP contribution is 2.48. The Hall–Kier alpha value is -2.24. The van der Waals surface area contributed by atoms with Gasteiger partial charge in [0.05, 0.1) is 0 Å². The summed E-state index contributed by atoms with van der Waals surface area (Å²) in [5.41, 5.74) is 5.03. The van der Waals surface area contributed by atoms with Gasteiger partial charge in [0.15, 0.2) is 11.5 Å². The maximum atomic E-state index is 12.2. The average molecular weight is 316 g/mol. The first kappa shape index (κ1) is 14.4. The Labute approximate surface area is 134 Å². The molecule has 1 aromatic carbocycles. The van der Waals surface area contributed by atoms with E-state index in [1.165, 1.54) is 6.42 Å². The topological polar surface area (TPSA) is 76.7 Å². The monoisotopic (exact) mass is 316 g/mol. The summed E-state index contributed by atoms with van der Waals surface area (Å²) in [5, 5.41) is 0. The first-order valence-electron chi connectivity index (χ1n) is 8.19. The zero-order valence-electron chi connectivity index (χ0n) is 12.8. The molecule has 23 heavy (non-hydrogen) atoms. The van der Waals surface area contributed by atoms with Crippen molar-refractivity contribution in [2.24, 2.45) is 17.8 Å². The van der Waals surface area contributed by atoms with Crippen molar-refractivity contribution in [3.63, 3.8) is 0 Å². The molecule has 2 bridgehead atoms. The summed E-state index contributed by atoms with van der Waals surface area (Å²) in [5.74, 6) is 1.91. The van der Waals surface area contributed by atoms with Crippen molar-refractivity contribution in [2.75, 3.05) is 6.61 Å². The van der Waals surface area contributed by atoms with E-state index in [0.29, 0.717) is 23.3 Å². The van der Waals surface area contributed by atoms with Gasteiger partial charge in [0.25, 0.3) is 5.91 Å². The van der Waals surface area contributed by atoms with Crippen LogP contribution in [-0.4, -0.2) is 24.5 Å². The van der Waals surface area contributed by atoms with E-state index in [1.807, 2.05) is 12.1 Å². The normalized spacial score (nSPS) is 30.8. The van der Waals surface area contributed by atoms with Gasteiger partial charge in [-0.3, -0.25) is 20.4 Å². The van der Waals surface area contributed by atoms with Gasteiger partial charge in [0.1, 0.15) is 6.61 Å². The second-order valence-electron chi connectivity index (χ2n) is 6.62. The molecule has 0 radical (unpaired) electrons. The van der Waals surface area contributed by atoms with Gasteiger partial charge in [-0.25, -0.2) is 0 Å². The van der Waals surface area contributed by atoms with E-state index in [2.05, 4.69) is 10.9 Å². The number of nitrogens with one attached hydrogen (secondary N) is 2. The summed E-state index contributed by atoms with van der Waals surface area (Å²) in [4.78, 5) is 24.4. The minimum absolute atomic E-state index is 0.0401. The SMILES string of the molecule is O=C(NNC(=O)C1CC2CCC1C2)C1COc2ccccc2O1. The van der Waals surface area contributed by atoms with Crippen molar-refractivity contribution >= 4 is 11.8 Å². The van der Waals surface area contributed by atoms with E-state index in [1.54, 1.807) is 12.1 Å². The van der Waals surface area contributed by atoms with Gasteiger partial charge in [-0.2, -0.15) is 0 Å². The number of hydrogen-bond acceptors (Lipinski definition) is 4. The fourth-order valence-electron chi connectivity index (χ4n) is 4.01. The van der Waals surface area contributed by atoms with E-state index in [0.717, 1.165) is 19.3 Å². The largest absolute Gasteiger partial charge is 0.485 e. The molecule has 0 spiro atoms. The highest BCUT2D eigenvalue weighted by Gasteiger charge is 2.43. The lowest BCUT2D eigenvalue weighted by atomic mass is 9.88. The second kappa shape index (κ2) is 5.76. The van der Waals surface area contributed by atoms with E-state index >= 15 is 0 Å². The molecule has 2 N–H and O–H groups in total. The summed E-state index contributed by atoms with van der Waals surface area (Å²) in [6, 6.07) is 7.21. The van der Waals surface area contributed by atoms with Gasteiger partial charge in [-0.15, -0.1) is 0 Å². The molecule has 2 fully saturated rings. The Kier molecular flexibility index (Phi) is 3.59. The van der Waals surface area contributed by atoms with Crippen molar-refractivity contribution in [3.05, 3.63) is 24.3 Å². The second-order valence-corrected chi connectivity index (χ2v) is 6.62. The number of benzene rings is 1. The quantitative estimate of drug-likeness (QED) is 0.809. The van der Waals surface area contributed by atoms with Crippen LogP contribution in [0.5, 0.6) is 11.5 Å². The minimum atomic E-state index is -0.759. The molecule has 6 heteroatoms. The molecule has 3 aliphatic rings. The number of para-hydroxylation sites is 2. The molecule has 2 saturated carbocycles. The lowest BCUT2D eigenvalue weighted by molar-refractivity contribution is -0.136. The molecule has 1 heterocycles. The number of hydrazine groups is 1. The lowest BCUT2D eigenvalue weighted by Crippen LogP contribution is -2.52. The van der Waals surface area contributed by atoms with Crippen LogP contribution in [0.3, 0.4) is 0 Å². The molecular formula is C17H20N2O4. The summed E-state index contributed by atoms with van der Waals surface area (Å²) in [7, 11) is 0. The average Bonchev–Trinajstić information content (AvgIpc) is 3.22.